The van der Waals surface area contributed by atoms with Gasteiger partial charge in [-0.15, -0.1) is 0 Å². The summed E-state index contributed by atoms with van der Waals surface area (Å²) in [6.45, 7) is 0. The van der Waals surface area contributed by atoms with Gasteiger partial charge in [0.05, 0.1) is 11.1 Å². The molecule has 0 radical (unpaired) electrons. The van der Waals surface area contributed by atoms with Crippen LogP contribution < -0.4 is 10.5 Å². The number of rotatable bonds is 2. The standard InChI is InChI=1S/C12H14ClNO/c13-11-6-9(14)1-2-12(11)15-10-4-7-3-8(7)5-10/h1-2,6-8,10H,3-5,14H2. The second kappa shape index (κ2) is 3.31. The minimum absolute atomic E-state index is 0.370. The van der Waals surface area contributed by atoms with E-state index in [0.717, 1.165) is 17.6 Å². The normalized spacial score (nSPS) is 32.5. The van der Waals surface area contributed by atoms with E-state index in [1.54, 1.807) is 6.07 Å². The Morgan fingerprint density at radius 2 is 1.93 bits per heavy atom. The van der Waals surface area contributed by atoms with Gasteiger partial charge in [-0.2, -0.15) is 0 Å². The minimum Gasteiger partial charge on any atom is -0.489 e. The number of nitrogen functional groups attached to an aromatic ring is 1. The lowest BCUT2D eigenvalue weighted by molar-refractivity contribution is 0.195. The maximum absolute atomic E-state index is 6.05. The molecule has 2 aliphatic carbocycles. The van der Waals surface area contributed by atoms with E-state index in [2.05, 4.69) is 0 Å². The highest BCUT2D eigenvalue weighted by atomic mass is 35.5. The SMILES string of the molecule is Nc1ccc(OC2CC3CC3C2)c(Cl)c1. The average Bonchev–Trinajstić information content (AvgIpc) is 2.79. The van der Waals surface area contributed by atoms with Gasteiger partial charge in [-0.25, -0.2) is 0 Å². The summed E-state index contributed by atoms with van der Waals surface area (Å²) in [5, 5.41) is 0.621. The Bertz CT molecular complexity index is 383. The number of fused-ring (bicyclic) bond motifs is 1. The topological polar surface area (TPSA) is 35.2 Å². The van der Waals surface area contributed by atoms with Gasteiger partial charge in [0.15, 0.2) is 0 Å². The van der Waals surface area contributed by atoms with E-state index in [1.165, 1.54) is 19.3 Å². The van der Waals surface area contributed by atoms with E-state index in [4.69, 9.17) is 22.1 Å². The van der Waals surface area contributed by atoms with Crippen molar-refractivity contribution < 1.29 is 4.74 Å². The number of benzene rings is 1. The van der Waals surface area contributed by atoms with Gasteiger partial charge in [0.2, 0.25) is 0 Å². The fourth-order valence-corrected chi connectivity index (χ4v) is 2.78. The molecule has 1 aromatic rings. The van der Waals surface area contributed by atoms with Crippen LogP contribution in [0.2, 0.25) is 5.02 Å². The van der Waals surface area contributed by atoms with Crippen molar-refractivity contribution in [1.29, 1.82) is 0 Å². The summed E-state index contributed by atoms with van der Waals surface area (Å²) in [6, 6.07) is 5.44. The predicted molar refractivity (Wildman–Crippen MR) is 61.1 cm³/mol. The Hall–Kier alpha value is -0.890. The molecule has 0 bridgehead atoms. The third-order valence-corrected chi connectivity index (χ3v) is 3.75. The molecule has 0 spiro atoms. The van der Waals surface area contributed by atoms with Crippen molar-refractivity contribution in [3.63, 3.8) is 0 Å². The van der Waals surface area contributed by atoms with Crippen LogP contribution in [-0.2, 0) is 0 Å². The fourth-order valence-electron chi connectivity index (χ4n) is 2.55. The van der Waals surface area contributed by atoms with Gasteiger partial charge < -0.3 is 10.5 Å². The highest BCUT2D eigenvalue weighted by molar-refractivity contribution is 6.32. The summed E-state index contributed by atoms with van der Waals surface area (Å²) in [5.41, 5.74) is 6.31. The molecule has 2 fully saturated rings. The van der Waals surface area contributed by atoms with Crippen LogP contribution in [0, 0.1) is 11.8 Å². The van der Waals surface area contributed by atoms with Crippen LogP contribution in [0.3, 0.4) is 0 Å². The van der Waals surface area contributed by atoms with Crippen molar-refractivity contribution in [2.45, 2.75) is 25.4 Å². The van der Waals surface area contributed by atoms with Crippen LogP contribution in [-0.4, -0.2) is 6.10 Å². The second-order valence-corrected chi connectivity index (χ2v) is 5.06. The molecular formula is C12H14ClNO. The molecule has 15 heavy (non-hydrogen) atoms. The summed E-state index contributed by atoms with van der Waals surface area (Å²) < 4.78 is 5.87. The van der Waals surface area contributed by atoms with E-state index >= 15 is 0 Å². The molecule has 2 unspecified atom stereocenters. The predicted octanol–water partition coefficient (Wildman–Crippen LogP) is 3.10. The zero-order valence-corrected chi connectivity index (χ0v) is 9.20. The molecule has 0 aromatic heterocycles. The quantitative estimate of drug-likeness (QED) is 0.782. The lowest BCUT2D eigenvalue weighted by Gasteiger charge is -2.16. The Kier molecular flexibility index (Phi) is 2.06. The number of nitrogens with two attached hydrogens (primary N) is 1. The van der Waals surface area contributed by atoms with Gasteiger partial charge in [-0.1, -0.05) is 11.6 Å². The van der Waals surface area contributed by atoms with Gasteiger partial charge in [-0.3, -0.25) is 0 Å². The van der Waals surface area contributed by atoms with Gasteiger partial charge in [-0.05, 0) is 49.3 Å². The van der Waals surface area contributed by atoms with Crippen molar-refractivity contribution in [2.75, 3.05) is 5.73 Å². The molecule has 2 aliphatic rings. The van der Waals surface area contributed by atoms with Crippen molar-refractivity contribution in [1.82, 2.24) is 0 Å². The maximum atomic E-state index is 6.05. The second-order valence-electron chi connectivity index (χ2n) is 4.66. The van der Waals surface area contributed by atoms with Crippen molar-refractivity contribution >= 4 is 17.3 Å². The zero-order valence-electron chi connectivity index (χ0n) is 8.45. The molecule has 1 aromatic carbocycles. The summed E-state index contributed by atoms with van der Waals surface area (Å²) in [5.74, 6) is 2.64. The summed E-state index contributed by atoms with van der Waals surface area (Å²) >= 11 is 6.05. The molecule has 2 nitrogen and oxygen atoms in total. The highest BCUT2D eigenvalue weighted by Crippen LogP contribution is 2.52. The van der Waals surface area contributed by atoms with Gasteiger partial charge in [0.25, 0.3) is 0 Å². The molecule has 0 saturated heterocycles. The lowest BCUT2D eigenvalue weighted by Crippen LogP contribution is -2.13. The minimum atomic E-state index is 0.370. The number of ether oxygens (including phenoxy) is 1. The number of anilines is 1. The van der Waals surface area contributed by atoms with E-state index in [0.29, 0.717) is 16.8 Å². The van der Waals surface area contributed by atoms with Gasteiger partial charge in [0.1, 0.15) is 5.75 Å². The summed E-state index contributed by atoms with van der Waals surface area (Å²) in [7, 11) is 0. The molecule has 2 N–H and O–H groups in total. The van der Waals surface area contributed by atoms with E-state index < -0.39 is 0 Å². The molecule has 2 saturated carbocycles. The molecule has 2 atom stereocenters. The van der Waals surface area contributed by atoms with Crippen LogP contribution in [0.4, 0.5) is 5.69 Å². The summed E-state index contributed by atoms with van der Waals surface area (Å²) in [6.07, 6.45) is 4.18. The number of hydrogen-bond acceptors (Lipinski definition) is 2. The summed E-state index contributed by atoms with van der Waals surface area (Å²) in [4.78, 5) is 0. The van der Waals surface area contributed by atoms with Crippen LogP contribution in [0.1, 0.15) is 19.3 Å². The van der Waals surface area contributed by atoms with Crippen LogP contribution in [0.25, 0.3) is 0 Å². The number of hydrogen-bond donors (Lipinski definition) is 1. The van der Waals surface area contributed by atoms with Crippen LogP contribution >= 0.6 is 11.6 Å². The Balaban J connectivity index is 1.71. The third-order valence-electron chi connectivity index (χ3n) is 3.45. The van der Waals surface area contributed by atoms with Crippen LogP contribution in [0.5, 0.6) is 5.75 Å². The fraction of sp³-hybridized carbons (Fsp3) is 0.500. The third kappa shape index (κ3) is 1.78. The van der Waals surface area contributed by atoms with E-state index in [1.807, 2.05) is 12.1 Å². The van der Waals surface area contributed by atoms with E-state index in [-0.39, 0.29) is 0 Å². The number of halogens is 1. The average molecular weight is 224 g/mol. The zero-order chi connectivity index (χ0) is 10.4. The first-order valence-electron chi connectivity index (χ1n) is 5.44. The van der Waals surface area contributed by atoms with Gasteiger partial charge in [0, 0.05) is 5.69 Å². The molecule has 0 aliphatic heterocycles. The Labute approximate surface area is 94.4 Å². The van der Waals surface area contributed by atoms with Gasteiger partial charge >= 0.3 is 0 Å². The Morgan fingerprint density at radius 3 is 2.60 bits per heavy atom. The molecular weight excluding hydrogens is 210 g/mol. The molecule has 3 rings (SSSR count). The largest absolute Gasteiger partial charge is 0.489 e. The first-order chi connectivity index (χ1) is 7.22. The van der Waals surface area contributed by atoms with Crippen molar-refractivity contribution in [3.8, 4) is 5.75 Å². The van der Waals surface area contributed by atoms with E-state index in [9.17, 15) is 0 Å². The molecule has 3 heteroatoms. The molecule has 0 heterocycles. The first-order valence-corrected chi connectivity index (χ1v) is 5.82. The van der Waals surface area contributed by atoms with Crippen LogP contribution in [0.15, 0.2) is 18.2 Å². The molecule has 0 amide bonds. The molecule has 80 valence electrons. The monoisotopic (exact) mass is 223 g/mol. The first kappa shape index (κ1) is 9.34. The maximum Gasteiger partial charge on any atom is 0.138 e. The highest BCUT2D eigenvalue weighted by Gasteiger charge is 2.46. The van der Waals surface area contributed by atoms with Crippen molar-refractivity contribution in [3.05, 3.63) is 23.2 Å². The lowest BCUT2D eigenvalue weighted by atomic mass is 10.2. The smallest absolute Gasteiger partial charge is 0.138 e. The Morgan fingerprint density at radius 1 is 1.20 bits per heavy atom. The van der Waals surface area contributed by atoms with Crippen molar-refractivity contribution in [2.24, 2.45) is 11.8 Å².